The lowest BCUT2D eigenvalue weighted by Crippen LogP contribution is -2.52. The van der Waals surface area contributed by atoms with Gasteiger partial charge in [0.2, 0.25) is 5.91 Å². The van der Waals surface area contributed by atoms with Crippen LogP contribution in [0.1, 0.15) is 13.8 Å². The summed E-state index contributed by atoms with van der Waals surface area (Å²) in [7, 11) is 1.18. The van der Waals surface area contributed by atoms with Crippen molar-refractivity contribution in [1.29, 1.82) is 0 Å². The van der Waals surface area contributed by atoms with Crippen molar-refractivity contribution >= 4 is 11.9 Å². The number of hydrogen-bond donors (Lipinski definition) is 3. The molecule has 0 aliphatic rings. The van der Waals surface area contributed by atoms with E-state index in [0.717, 1.165) is 0 Å². The average Bonchev–Trinajstić information content (AvgIpc) is 2.11. The maximum absolute atomic E-state index is 11.1. The molecule has 0 aromatic heterocycles. The number of carbonyl (C=O) groups excluding carboxylic acids is 2. The van der Waals surface area contributed by atoms with Crippen LogP contribution in [0.3, 0.4) is 0 Å². The molecular weight excluding hydrogens is 188 g/mol. The molecule has 0 fully saturated rings. The Balaban J connectivity index is 4.38. The Bertz CT molecular complexity index is 215. The van der Waals surface area contributed by atoms with E-state index in [9.17, 15) is 14.7 Å². The first kappa shape index (κ1) is 12.9. The van der Waals surface area contributed by atoms with Gasteiger partial charge in [0.15, 0.2) is 6.04 Å². The van der Waals surface area contributed by atoms with Gasteiger partial charge in [-0.15, -0.1) is 0 Å². The van der Waals surface area contributed by atoms with Crippen molar-refractivity contribution < 1.29 is 19.4 Å². The second kappa shape index (κ2) is 5.56. The number of nitrogens with one attached hydrogen (secondary N) is 1. The van der Waals surface area contributed by atoms with Gasteiger partial charge in [0.1, 0.15) is 0 Å². The first-order chi connectivity index (χ1) is 6.40. The summed E-state index contributed by atoms with van der Waals surface area (Å²) in [5, 5.41) is 11.5. The van der Waals surface area contributed by atoms with E-state index in [0.29, 0.717) is 0 Å². The Hall–Kier alpha value is -1.14. The van der Waals surface area contributed by atoms with Gasteiger partial charge in [-0.3, -0.25) is 4.79 Å². The Morgan fingerprint density at radius 2 is 1.93 bits per heavy atom. The zero-order chi connectivity index (χ0) is 11.3. The van der Waals surface area contributed by atoms with Crippen molar-refractivity contribution in [3.05, 3.63) is 0 Å². The Morgan fingerprint density at radius 1 is 1.43 bits per heavy atom. The van der Waals surface area contributed by atoms with Crippen molar-refractivity contribution in [2.45, 2.75) is 32.0 Å². The van der Waals surface area contributed by atoms with Crippen LogP contribution in [0.25, 0.3) is 0 Å². The van der Waals surface area contributed by atoms with Crippen LogP contribution in [0.15, 0.2) is 0 Å². The Morgan fingerprint density at radius 3 is 2.21 bits per heavy atom. The molecule has 0 unspecified atom stereocenters. The summed E-state index contributed by atoms with van der Waals surface area (Å²) in [6.45, 7) is 2.86. The molecule has 0 spiro atoms. The van der Waals surface area contributed by atoms with Crippen molar-refractivity contribution in [3.63, 3.8) is 0 Å². The molecule has 0 aliphatic heterocycles. The standard InChI is InChI=1S/C8H16N2O4/c1-4(9)7(12)10-6(5(2)11)8(13)14-3/h4-6,11H,9H2,1-3H3,(H,10,12)/t4-,5+,6-/m0/s1. The smallest absolute Gasteiger partial charge is 0.331 e. The molecule has 0 saturated carbocycles. The van der Waals surface area contributed by atoms with E-state index in [4.69, 9.17) is 5.73 Å². The molecule has 4 N–H and O–H groups in total. The predicted octanol–water partition coefficient (Wildman–Crippen LogP) is -1.63. The third kappa shape index (κ3) is 3.71. The summed E-state index contributed by atoms with van der Waals surface area (Å²) in [6, 6.07) is -1.81. The van der Waals surface area contributed by atoms with Gasteiger partial charge >= 0.3 is 5.97 Å². The lowest BCUT2D eigenvalue weighted by molar-refractivity contribution is -0.148. The number of methoxy groups -OCH3 is 1. The lowest BCUT2D eigenvalue weighted by atomic mass is 10.1. The number of hydrogen-bond acceptors (Lipinski definition) is 5. The molecule has 0 bridgehead atoms. The van der Waals surface area contributed by atoms with E-state index in [1.165, 1.54) is 21.0 Å². The molecule has 0 aromatic rings. The Kier molecular flexibility index (Phi) is 5.11. The minimum absolute atomic E-state index is 0.513. The summed E-state index contributed by atoms with van der Waals surface area (Å²) in [4.78, 5) is 22.2. The molecule has 6 nitrogen and oxygen atoms in total. The molecule has 1 amide bonds. The van der Waals surface area contributed by atoms with Crippen LogP contribution in [0, 0.1) is 0 Å². The van der Waals surface area contributed by atoms with Crippen LogP contribution in [-0.2, 0) is 14.3 Å². The lowest BCUT2D eigenvalue weighted by Gasteiger charge is -2.19. The number of aliphatic hydroxyl groups is 1. The van der Waals surface area contributed by atoms with Gasteiger partial charge in [0.05, 0.1) is 19.3 Å². The van der Waals surface area contributed by atoms with E-state index >= 15 is 0 Å². The topological polar surface area (TPSA) is 102 Å². The predicted molar refractivity (Wildman–Crippen MR) is 49.3 cm³/mol. The van der Waals surface area contributed by atoms with Gasteiger partial charge < -0.3 is 20.9 Å². The van der Waals surface area contributed by atoms with E-state index < -0.39 is 30.1 Å². The van der Waals surface area contributed by atoms with Crippen molar-refractivity contribution in [2.24, 2.45) is 5.73 Å². The zero-order valence-electron chi connectivity index (χ0n) is 8.48. The highest BCUT2D eigenvalue weighted by molar-refractivity contribution is 5.87. The highest BCUT2D eigenvalue weighted by Gasteiger charge is 2.27. The van der Waals surface area contributed by atoms with Crippen LogP contribution in [0.4, 0.5) is 0 Å². The van der Waals surface area contributed by atoms with Crippen LogP contribution in [-0.4, -0.2) is 42.3 Å². The van der Waals surface area contributed by atoms with Crippen LogP contribution < -0.4 is 11.1 Å². The molecule has 0 heterocycles. The minimum atomic E-state index is -1.07. The second-order valence-electron chi connectivity index (χ2n) is 3.04. The number of esters is 1. The van der Waals surface area contributed by atoms with Crippen molar-refractivity contribution in [2.75, 3.05) is 7.11 Å². The van der Waals surface area contributed by atoms with E-state index in [-0.39, 0.29) is 0 Å². The molecule has 0 aromatic carbocycles. The minimum Gasteiger partial charge on any atom is -0.467 e. The third-order valence-corrected chi connectivity index (χ3v) is 1.65. The highest BCUT2D eigenvalue weighted by atomic mass is 16.5. The van der Waals surface area contributed by atoms with Crippen molar-refractivity contribution in [3.8, 4) is 0 Å². The third-order valence-electron chi connectivity index (χ3n) is 1.65. The molecule has 14 heavy (non-hydrogen) atoms. The number of amides is 1. The van der Waals surface area contributed by atoms with Gasteiger partial charge in [-0.2, -0.15) is 0 Å². The number of ether oxygens (including phenoxy) is 1. The molecular formula is C8H16N2O4. The molecule has 0 radical (unpaired) electrons. The first-order valence-corrected chi connectivity index (χ1v) is 4.22. The number of nitrogens with two attached hydrogens (primary N) is 1. The number of aliphatic hydroxyl groups excluding tert-OH is 1. The van der Waals surface area contributed by atoms with Gasteiger partial charge in [0, 0.05) is 0 Å². The van der Waals surface area contributed by atoms with Gasteiger partial charge in [-0.1, -0.05) is 0 Å². The molecule has 0 aliphatic carbocycles. The average molecular weight is 204 g/mol. The summed E-state index contributed by atoms with van der Waals surface area (Å²) < 4.78 is 4.40. The highest BCUT2D eigenvalue weighted by Crippen LogP contribution is 1.96. The second-order valence-corrected chi connectivity index (χ2v) is 3.04. The van der Waals surface area contributed by atoms with Gasteiger partial charge in [-0.05, 0) is 13.8 Å². The molecule has 0 saturated heterocycles. The summed E-state index contributed by atoms with van der Waals surface area (Å²) in [5.74, 6) is -1.21. The van der Waals surface area contributed by atoms with Crippen LogP contribution in [0.5, 0.6) is 0 Å². The van der Waals surface area contributed by atoms with E-state index in [2.05, 4.69) is 10.1 Å². The van der Waals surface area contributed by atoms with Crippen LogP contribution in [0.2, 0.25) is 0 Å². The van der Waals surface area contributed by atoms with Crippen molar-refractivity contribution in [1.82, 2.24) is 5.32 Å². The summed E-state index contributed by atoms with van der Waals surface area (Å²) in [5.41, 5.74) is 5.28. The summed E-state index contributed by atoms with van der Waals surface area (Å²) in [6.07, 6.45) is -1.02. The fourth-order valence-electron chi connectivity index (χ4n) is 0.788. The maximum atomic E-state index is 11.1. The number of rotatable bonds is 4. The molecule has 0 rings (SSSR count). The largest absolute Gasteiger partial charge is 0.467 e. The number of carbonyl (C=O) groups is 2. The van der Waals surface area contributed by atoms with E-state index in [1.807, 2.05) is 0 Å². The van der Waals surface area contributed by atoms with Gasteiger partial charge in [0.25, 0.3) is 0 Å². The van der Waals surface area contributed by atoms with E-state index in [1.54, 1.807) is 0 Å². The quantitative estimate of drug-likeness (QED) is 0.477. The summed E-state index contributed by atoms with van der Waals surface area (Å²) >= 11 is 0. The van der Waals surface area contributed by atoms with Crippen LogP contribution >= 0.6 is 0 Å². The normalized spacial score (nSPS) is 16.6. The SMILES string of the molecule is COC(=O)[C@@H](NC(=O)[C@H](C)N)[C@@H](C)O. The molecule has 3 atom stereocenters. The monoisotopic (exact) mass is 204 g/mol. The maximum Gasteiger partial charge on any atom is 0.331 e. The zero-order valence-corrected chi connectivity index (χ0v) is 8.48. The van der Waals surface area contributed by atoms with Gasteiger partial charge in [-0.25, -0.2) is 4.79 Å². The Labute approximate surface area is 82.4 Å². The molecule has 6 heteroatoms. The fraction of sp³-hybridized carbons (Fsp3) is 0.750. The molecule has 82 valence electrons. The fourth-order valence-corrected chi connectivity index (χ4v) is 0.788. The first-order valence-electron chi connectivity index (χ1n) is 4.22.